The Morgan fingerprint density at radius 1 is 1.43 bits per heavy atom. The first-order valence-electron chi connectivity index (χ1n) is 7.11. The molecule has 0 unspecified atom stereocenters. The maximum absolute atomic E-state index is 12.7. The minimum atomic E-state index is -4.34. The van der Waals surface area contributed by atoms with Gasteiger partial charge in [-0.1, -0.05) is 13.0 Å². The Labute approximate surface area is 122 Å². The van der Waals surface area contributed by atoms with Crippen molar-refractivity contribution in [1.29, 1.82) is 0 Å². The Hall–Kier alpha value is -1.72. The van der Waals surface area contributed by atoms with Crippen molar-refractivity contribution in [3.05, 3.63) is 29.8 Å². The first-order chi connectivity index (χ1) is 9.90. The molecule has 0 aromatic heterocycles. The fourth-order valence-corrected chi connectivity index (χ4v) is 2.57. The van der Waals surface area contributed by atoms with Crippen LogP contribution < -0.4 is 5.32 Å². The number of carbonyl (C=O) groups is 1. The second-order valence-electron chi connectivity index (χ2n) is 5.26. The summed E-state index contributed by atoms with van der Waals surface area (Å²) in [6.45, 7) is 3.09. The van der Waals surface area contributed by atoms with Gasteiger partial charge in [-0.2, -0.15) is 13.2 Å². The van der Waals surface area contributed by atoms with Gasteiger partial charge in [0.25, 0.3) is 0 Å². The van der Waals surface area contributed by atoms with Crippen LogP contribution in [0.15, 0.2) is 24.3 Å². The first-order valence-corrected chi connectivity index (χ1v) is 7.11. The number of carbonyl (C=O) groups excluding carboxylic acids is 1. The van der Waals surface area contributed by atoms with E-state index in [0.717, 1.165) is 31.5 Å². The molecular formula is C15H19F3N2O. The van der Waals surface area contributed by atoms with Gasteiger partial charge in [0, 0.05) is 31.2 Å². The fourth-order valence-electron chi connectivity index (χ4n) is 2.57. The Bertz CT molecular complexity index is 502. The van der Waals surface area contributed by atoms with E-state index in [1.165, 1.54) is 6.07 Å². The summed E-state index contributed by atoms with van der Waals surface area (Å²) in [5.41, 5.74) is -0.217. The van der Waals surface area contributed by atoms with E-state index >= 15 is 0 Å². The number of nitrogens with zero attached hydrogens (tertiary/aromatic N) is 1. The zero-order chi connectivity index (χ0) is 15.5. The van der Waals surface area contributed by atoms with Gasteiger partial charge in [0.2, 0.25) is 5.91 Å². The lowest BCUT2D eigenvalue weighted by Gasteiger charge is -2.33. The number of anilines is 1. The van der Waals surface area contributed by atoms with E-state index in [9.17, 15) is 18.0 Å². The largest absolute Gasteiger partial charge is 0.416 e. The lowest BCUT2D eigenvalue weighted by Crippen LogP contribution is -2.44. The summed E-state index contributed by atoms with van der Waals surface area (Å²) in [6, 6.07) is 5.18. The highest BCUT2D eigenvalue weighted by atomic mass is 19.4. The molecule has 116 valence electrons. The third kappa shape index (κ3) is 4.12. The highest BCUT2D eigenvalue weighted by Gasteiger charge is 2.30. The van der Waals surface area contributed by atoms with Gasteiger partial charge in [0.15, 0.2) is 0 Å². The van der Waals surface area contributed by atoms with Gasteiger partial charge in [-0.05, 0) is 31.0 Å². The molecule has 1 amide bonds. The lowest BCUT2D eigenvalue weighted by molar-refractivity contribution is -0.137. The molecule has 1 heterocycles. The smallest absolute Gasteiger partial charge is 0.381 e. The van der Waals surface area contributed by atoms with Crippen molar-refractivity contribution < 1.29 is 18.0 Å². The zero-order valence-electron chi connectivity index (χ0n) is 11.9. The molecule has 1 N–H and O–H groups in total. The molecule has 0 spiro atoms. The molecule has 1 aromatic rings. The third-order valence-corrected chi connectivity index (χ3v) is 3.64. The molecule has 1 atom stereocenters. The van der Waals surface area contributed by atoms with Crippen LogP contribution >= 0.6 is 0 Å². The molecule has 1 fully saturated rings. The van der Waals surface area contributed by atoms with E-state index in [4.69, 9.17) is 0 Å². The second-order valence-corrected chi connectivity index (χ2v) is 5.26. The summed E-state index contributed by atoms with van der Waals surface area (Å²) >= 11 is 0. The third-order valence-electron chi connectivity index (χ3n) is 3.64. The Morgan fingerprint density at radius 3 is 2.86 bits per heavy atom. The number of halogens is 3. The van der Waals surface area contributed by atoms with E-state index in [2.05, 4.69) is 5.32 Å². The molecule has 1 saturated heterocycles. The Morgan fingerprint density at radius 2 is 2.19 bits per heavy atom. The summed E-state index contributed by atoms with van der Waals surface area (Å²) in [6.07, 6.45) is -2.17. The van der Waals surface area contributed by atoms with E-state index in [1.54, 1.807) is 11.0 Å². The van der Waals surface area contributed by atoms with Gasteiger partial charge in [0.05, 0.1) is 5.56 Å². The topological polar surface area (TPSA) is 32.3 Å². The number of alkyl halides is 3. The van der Waals surface area contributed by atoms with Crippen molar-refractivity contribution in [2.75, 3.05) is 18.4 Å². The van der Waals surface area contributed by atoms with Crippen molar-refractivity contribution in [3.8, 4) is 0 Å². The van der Waals surface area contributed by atoms with Crippen LogP contribution in [0.25, 0.3) is 0 Å². The van der Waals surface area contributed by atoms with E-state index in [-0.39, 0.29) is 11.9 Å². The molecule has 0 radical (unpaired) electrons. The predicted octanol–water partition coefficient (Wildman–Crippen LogP) is 3.52. The van der Waals surface area contributed by atoms with Crippen LogP contribution in [0.3, 0.4) is 0 Å². The molecule has 2 rings (SSSR count). The average Bonchev–Trinajstić information content (AvgIpc) is 2.46. The molecule has 21 heavy (non-hydrogen) atoms. The lowest BCUT2D eigenvalue weighted by atomic mass is 10.0. The van der Waals surface area contributed by atoms with Gasteiger partial charge >= 0.3 is 6.18 Å². The van der Waals surface area contributed by atoms with Crippen LogP contribution in [-0.2, 0) is 11.0 Å². The summed E-state index contributed by atoms with van der Waals surface area (Å²) in [5.74, 6) is 0.0885. The standard InChI is InChI=1S/C15H19F3N2O/c1-2-14(21)20-8-4-7-13(10-20)19-12-6-3-5-11(9-12)15(16,17)18/h3,5-6,9,13,19H,2,4,7-8,10H2,1H3/t13-/m1/s1. The second kappa shape index (κ2) is 6.37. The summed E-state index contributed by atoms with van der Waals surface area (Å²) < 4.78 is 38.0. The number of piperidine rings is 1. The number of amides is 1. The molecule has 3 nitrogen and oxygen atoms in total. The van der Waals surface area contributed by atoms with Crippen LogP contribution in [0, 0.1) is 0 Å². The molecule has 0 bridgehead atoms. The first kappa shape index (κ1) is 15.7. The minimum Gasteiger partial charge on any atom is -0.381 e. The zero-order valence-corrected chi connectivity index (χ0v) is 11.9. The quantitative estimate of drug-likeness (QED) is 0.926. The molecule has 0 saturated carbocycles. The van der Waals surface area contributed by atoms with Gasteiger partial charge in [-0.25, -0.2) is 0 Å². The van der Waals surface area contributed by atoms with Gasteiger partial charge < -0.3 is 10.2 Å². The Kier molecular flexibility index (Phi) is 4.75. The van der Waals surface area contributed by atoms with Crippen LogP contribution in [0.4, 0.5) is 18.9 Å². The molecule has 1 aliphatic heterocycles. The summed E-state index contributed by atoms with van der Waals surface area (Å²) in [4.78, 5) is 13.5. The number of rotatable bonds is 3. The predicted molar refractivity (Wildman–Crippen MR) is 75.0 cm³/mol. The summed E-state index contributed by atoms with van der Waals surface area (Å²) in [7, 11) is 0. The number of nitrogens with one attached hydrogen (secondary N) is 1. The number of hydrogen-bond acceptors (Lipinski definition) is 2. The maximum atomic E-state index is 12.7. The molecule has 6 heteroatoms. The normalized spacial score (nSPS) is 19.4. The van der Waals surface area contributed by atoms with E-state index in [0.29, 0.717) is 18.7 Å². The van der Waals surface area contributed by atoms with Crippen molar-refractivity contribution >= 4 is 11.6 Å². The van der Waals surface area contributed by atoms with Crippen LogP contribution in [0.2, 0.25) is 0 Å². The average molecular weight is 300 g/mol. The number of likely N-dealkylation sites (tertiary alicyclic amines) is 1. The number of benzene rings is 1. The molecule has 1 aromatic carbocycles. The minimum absolute atomic E-state index is 0.00210. The Balaban J connectivity index is 2.03. The van der Waals surface area contributed by atoms with Gasteiger partial charge in [-0.15, -0.1) is 0 Å². The highest BCUT2D eigenvalue weighted by Crippen LogP contribution is 2.31. The van der Waals surface area contributed by atoms with Crippen molar-refractivity contribution in [2.45, 2.75) is 38.4 Å². The van der Waals surface area contributed by atoms with E-state index < -0.39 is 11.7 Å². The molecule has 0 aliphatic carbocycles. The van der Waals surface area contributed by atoms with Crippen LogP contribution in [-0.4, -0.2) is 29.9 Å². The summed E-state index contributed by atoms with van der Waals surface area (Å²) in [5, 5.41) is 3.11. The van der Waals surface area contributed by atoms with Crippen molar-refractivity contribution in [1.82, 2.24) is 4.90 Å². The highest BCUT2D eigenvalue weighted by molar-refractivity contribution is 5.76. The SMILES string of the molecule is CCC(=O)N1CCC[C@@H](Nc2cccc(C(F)(F)F)c2)C1. The fraction of sp³-hybridized carbons (Fsp3) is 0.533. The molecular weight excluding hydrogens is 281 g/mol. The van der Waals surface area contributed by atoms with Gasteiger partial charge in [-0.3, -0.25) is 4.79 Å². The molecule has 1 aliphatic rings. The van der Waals surface area contributed by atoms with Crippen molar-refractivity contribution in [2.24, 2.45) is 0 Å². The van der Waals surface area contributed by atoms with Crippen LogP contribution in [0.5, 0.6) is 0 Å². The monoisotopic (exact) mass is 300 g/mol. The van der Waals surface area contributed by atoms with E-state index in [1.807, 2.05) is 6.92 Å². The van der Waals surface area contributed by atoms with Crippen LogP contribution in [0.1, 0.15) is 31.7 Å². The number of hydrogen-bond donors (Lipinski definition) is 1. The van der Waals surface area contributed by atoms with Gasteiger partial charge in [0.1, 0.15) is 0 Å². The maximum Gasteiger partial charge on any atom is 0.416 e. The van der Waals surface area contributed by atoms with Crippen molar-refractivity contribution in [3.63, 3.8) is 0 Å².